The van der Waals surface area contributed by atoms with Crippen LogP contribution in [0.25, 0.3) is 0 Å². The Balaban J connectivity index is -0.0000000250. The third kappa shape index (κ3) is 4600. The van der Waals surface area contributed by atoms with Crippen LogP contribution in [-0.2, 0) is 19.2 Å². The molecule has 0 aliphatic heterocycles. The van der Waals surface area contributed by atoms with E-state index in [1.165, 1.54) is 0 Å². The van der Waals surface area contributed by atoms with Crippen LogP contribution in [0.2, 0.25) is 0 Å². The SMILES string of the molecule is CC(=O)O.CC(=O)O.CC(=O)O.CC(=O)O.NCCN.[La].[Tb]. The molecular weight excluding hydrogens is 574 g/mol. The first kappa shape index (κ1) is 43.2. The van der Waals surface area contributed by atoms with Gasteiger partial charge in [-0.3, -0.25) is 19.2 Å². The Bertz CT molecular complexity index is 201. The molecule has 0 heterocycles. The zero-order valence-electron chi connectivity index (χ0n) is 12.9. The van der Waals surface area contributed by atoms with E-state index in [2.05, 4.69) is 0 Å². The van der Waals surface area contributed by atoms with Crippen molar-refractivity contribution in [2.45, 2.75) is 27.7 Å². The standard InChI is InChI=1S/C2H8N2.4C2H4O2.La.Tb/c3-1-2-4;4*1-2(3)4;;/h1-4H2;4*1H3,(H,3,4);;. The Morgan fingerprint density at radius 2 is 0.682 bits per heavy atom. The van der Waals surface area contributed by atoms with Gasteiger partial charge in [0.2, 0.25) is 0 Å². The molecule has 0 aromatic heterocycles. The zero-order valence-corrected chi connectivity index (χ0v) is 18.7. The summed E-state index contributed by atoms with van der Waals surface area (Å²) >= 11 is 0. The summed E-state index contributed by atoms with van der Waals surface area (Å²) in [6, 6.07) is 0. The molecule has 0 saturated carbocycles. The molecule has 22 heavy (non-hydrogen) atoms. The Labute approximate surface area is 188 Å². The summed E-state index contributed by atoms with van der Waals surface area (Å²) in [4.78, 5) is 36.0. The van der Waals surface area contributed by atoms with E-state index in [0.717, 1.165) is 27.7 Å². The van der Waals surface area contributed by atoms with Crippen molar-refractivity contribution >= 4 is 23.9 Å². The Kier molecular flexibility index (Phi) is 84.3. The van der Waals surface area contributed by atoms with Crippen LogP contribution in [-0.4, -0.2) is 57.4 Å². The van der Waals surface area contributed by atoms with Crippen LogP contribution in [0, 0.1) is 74.2 Å². The van der Waals surface area contributed by atoms with Gasteiger partial charge in [-0.15, -0.1) is 0 Å². The predicted molar refractivity (Wildman–Crippen MR) is 71.3 cm³/mol. The molecule has 0 aliphatic rings. The summed E-state index contributed by atoms with van der Waals surface area (Å²) in [6.07, 6.45) is 0. The van der Waals surface area contributed by atoms with Crippen molar-refractivity contribution in [3.05, 3.63) is 0 Å². The minimum absolute atomic E-state index is 0. The number of hydrogen-bond acceptors (Lipinski definition) is 6. The number of carboxylic acid groups (broad SMARTS) is 4. The van der Waals surface area contributed by atoms with E-state index in [-0.39, 0.29) is 74.2 Å². The van der Waals surface area contributed by atoms with Gasteiger partial charge in [-0.25, -0.2) is 0 Å². The molecule has 0 aromatic rings. The first-order chi connectivity index (χ1) is 8.84. The molecule has 0 aliphatic carbocycles. The zero-order chi connectivity index (χ0) is 17.7. The molecule has 0 bridgehead atoms. The van der Waals surface area contributed by atoms with Gasteiger partial charge in [-0.1, -0.05) is 0 Å². The van der Waals surface area contributed by atoms with E-state index in [1.807, 2.05) is 0 Å². The van der Waals surface area contributed by atoms with Crippen molar-refractivity contribution in [2.75, 3.05) is 13.1 Å². The van der Waals surface area contributed by atoms with E-state index in [4.69, 9.17) is 51.1 Å². The molecule has 0 rings (SSSR count). The molecule has 0 fully saturated rings. The molecule has 0 aromatic carbocycles. The molecule has 8 N–H and O–H groups in total. The van der Waals surface area contributed by atoms with Crippen molar-refractivity contribution in [3.63, 3.8) is 0 Å². The number of rotatable bonds is 1. The van der Waals surface area contributed by atoms with Gasteiger partial charge in [0, 0.05) is 115 Å². The summed E-state index contributed by atoms with van der Waals surface area (Å²) in [6.45, 7) is 5.53. The largest absolute Gasteiger partial charge is 0.481 e. The Morgan fingerprint density at radius 3 is 0.682 bits per heavy atom. The molecule has 0 amide bonds. The monoisotopic (exact) mass is 598 g/mol. The van der Waals surface area contributed by atoms with Crippen molar-refractivity contribution in [1.82, 2.24) is 0 Å². The van der Waals surface area contributed by atoms with Crippen LogP contribution >= 0.6 is 0 Å². The smallest absolute Gasteiger partial charge is 0.300 e. The summed E-state index contributed by atoms with van der Waals surface area (Å²) in [7, 11) is 0. The molecular formula is C10H24LaN2O8Tb. The number of aliphatic carboxylic acids is 4. The topological polar surface area (TPSA) is 201 Å². The van der Waals surface area contributed by atoms with Crippen LogP contribution < -0.4 is 11.5 Å². The normalized spacial score (nSPS) is 5.91. The van der Waals surface area contributed by atoms with Crippen LogP contribution in [0.1, 0.15) is 27.7 Å². The molecule has 0 unspecified atom stereocenters. The van der Waals surface area contributed by atoms with Gasteiger partial charge in [0.05, 0.1) is 0 Å². The van der Waals surface area contributed by atoms with E-state index in [0.29, 0.717) is 13.1 Å². The fraction of sp³-hybridized carbons (Fsp3) is 0.600. The maximum Gasteiger partial charge on any atom is 0.300 e. The second kappa shape index (κ2) is 42.9. The first-order valence-corrected chi connectivity index (χ1v) is 5.03. The minimum Gasteiger partial charge on any atom is -0.481 e. The predicted octanol–water partition coefficient (Wildman–Crippen LogP) is -0.733. The quantitative estimate of drug-likeness (QED) is 0.224. The summed E-state index contributed by atoms with van der Waals surface area (Å²) in [5.41, 5.74) is 9.81. The van der Waals surface area contributed by atoms with Crippen molar-refractivity contribution in [1.29, 1.82) is 0 Å². The van der Waals surface area contributed by atoms with E-state index in [1.54, 1.807) is 0 Å². The minimum atomic E-state index is -0.833. The fourth-order valence-corrected chi connectivity index (χ4v) is 0. The average molecular weight is 598 g/mol. The van der Waals surface area contributed by atoms with Crippen LogP contribution in [0.3, 0.4) is 0 Å². The molecule has 12 heteroatoms. The third-order valence-corrected chi connectivity index (χ3v) is 0.167. The number of hydrogen-bond donors (Lipinski definition) is 6. The van der Waals surface area contributed by atoms with Crippen LogP contribution in [0.4, 0.5) is 0 Å². The number of carbonyl (C=O) groups is 4. The Morgan fingerprint density at radius 1 is 0.636 bits per heavy atom. The number of carboxylic acids is 4. The van der Waals surface area contributed by atoms with E-state index >= 15 is 0 Å². The van der Waals surface area contributed by atoms with Crippen LogP contribution in [0.5, 0.6) is 0 Å². The van der Waals surface area contributed by atoms with E-state index in [9.17, 15) is 0 Å². The fourth-order valence-electron chi connectivity index (χ4n) is 0. The molecule has 0 spiro atoms. The molecule has 10 nitrogen and oxygen atoms in total. The second-order valence-electron chi connectivity index (χ2n) is 2.65. The maximum absolute atomic E-state index is 9.00. The van der Waals surface area contributed by atoms with Gasteiger partial charge < -0.3 is 31.9 Å². The van der Waals surface area contributed by atoms with Crippen LogP contribution in [0.15, 0.2) is 0 Å². The second-order valence-corrected chi connectivity index (χ2v) is 2.65. The Hall–Kier alpha value is 0.281. The van der Waals surface area contributed by atoms with E-state index < -0.39 is 23.9 Å². The molecule has 0 saturated heterocycles. The average Bonchev–Trinajstić information content (AvgIpc) is 2.13. The third-order valence-electron chi connectivity index (χ3n) is 0.167. The summed E-state index contributed by atoms with van der Waals surface area (Å²) < 4.78 is 0. The van der Waals surface area contributed by atoms with Gasteiger partial charge >= 0.3 is 0 Å². The molecule has 2 radical (unpaired) electrons. The summed E-state index contributed by atoms with van der Waals surface area (Å²) in [5, 5.41) is 29.7. The summed E-state index contributed by atoms with van der Waals surface area (Å²) in [5.74, 6) is -3.33. The molecule has 0 atom stereocenters. The van der Waals surface area contributed by atoms with Crippen molar-refractivity contribution < 1.29 is 114 Å². The van der Waals surface area contributed by atoms with Gasteiger partial charge in [0.15, 0.2) is 0 Å². The van der Waals surface area contributed by atoms with Gasteiger partial charge in [-0.2, -0.15) is 0 Å². The first-order valence-electron chi connectivity index (χ1n) is 5.03. The van der Waals surface area contributed by atoms with Gasteiger partial charge in [0.25, 0.3) is 23.9 Å². The van der Waals surface area contributed by atoms with Gasteiger partial charge in [0.1, 0.15) is 0 Å². The van der Waals surface area contributed by atoms with Crippen molar-refractivity contribution in [3.8, 4) is 0 Å². The van der Waals surface area contributed by atoms with Gasteiger partial charge in [-0.05, 0) is 0 Å². The number of nitrogens with two attached hydrogens (primary N) is 2. The molecule has 134 valence electrons. The van der Waals surface area contributed by atoms with Crippen molar-refractivity contribution in [2.24, 2.45) is 11.5 Å². The maximum atomic E-state index is 9.00.